The number of hydrogen-bond acceptors (Lipinski definition) is 9. The molecule has 16 heteroatoms. The summed E-state index contributed by atoms with van der Waals surface area (Å²) in [6.45, 7) is 0. The Morgan fingerprint density at radius 1 is 0.971 bits per heavy atom. The third-order valence-electron chi connectivity index (χ3n) is 4.29. The van der Waals surface area contributed by atoms with E-state index in [0.717, 1.165) is 19.2 Å². The Balaban J connectivity index is 2.35. The first-order valence-corrected chi connectivity index (χ1v) is 11.7. The molecule has 0 radical (unpaired) electrons. The van der Waals surface area contributed by atoms with Gasteiger partial charge in [-0.05, 0) is 37.4 Å². The summed E-state index contributed by atoms with van der Waals surface area (Å²) in [7, 11) is -0.120. The van der Waals surface area contributed by atoms with E-state index in [1.165, 1.54) is 32.4 Å². The van der Waals surface area contributed by atoms with Crippen LogP contribution in [0.25, 0.3) is 0 Å². The van der Waals surface area contributed by atoms with E-state index in [4.69, 9.17) is 20.4 Å². The number of nitrogens with two attached hydrogens (primary N) is 2. The Kier molecular flexibility index (Phi) is 8.52. The van der Waals surface area contributed by atoms with Crippen molar-refractivity contribution in [3.63, 3.8) is 0 Å². The Bertz CT molecular complexity index is 1270. The molecule has 0 aliphatic heterocycles. The van der Waals surface area contributed by atoms with E-state index >= 15 is 0 Å². The molecule has 0 aliphatic carbocycles. The molecule has 0 fully saturated rings. The number of rotatable bonds is 10. The summed E-state index contributed by atoms with van der Waals surface area (Å²) in [5, 5.41) is 2.40. The zero-order valence-electron chi connectivity index (χ0n) is 18.1. The minimum absolute atomic E-state index is 0.0146. The van der Waals surface area contributed by atoms with E-state index in [9.17, 15) is 27.0 Å². The molecule has 0 saturated heterocycles. The van der Waals surface area contributed by atoms with Gasteiger partial charge in [-0.1, -0.05) is 0 Å². The zero-order valence-corrected chi connectivity index (χ0v) is 19.8. The molecule has 0 heterocycles. The summed E-state index contributed by atoms with van der Waals surface area (Å²) in [5.41, 5.74) is 14.5. The molecule has 2 aromatic rings. The highest BCUT2D eigenvalue weighted by Crippen LogP contribution is 2.28. The highest BCUT2D eigenvalue weighted by molar-refractivity contribution is 7.89. The van der Waals surface area contributed by atoms with Crippen LogP contribution in [0.5, 0.6) is 5.75 Å². The van der Waals surface area contributed by atoms with Crippen LogP contribution in [-0.4, -0.2) is 51.7 Å². The van der Waals surface area contributed by atoms with Crippen LogP contribution in [0.15, 0.2) is 40.1 Å². The molecule has 0 spiro atoms. The first kappa shape index (κ1) is 26.5. The van der Waals surface area contributed by atoms with Gasteiger partial charge in [0.05, 0.1) is 46.5 Å². The number of urea groups is 1. The third kappa shape index (κ3) is 5.98. The molecule has 1 unspecified atom stereocenters. The molecule has 184 valence electrons. The number of ether oxygens (including phenoxy) is 1. The van der Waals surface area contributed by atoms with E-state index in [1.807, 2.05) is 0 Å². The Labute approximate surface area is 197 Å². The van der Waals surface area contributed by atoms with Crippen molar-refractivity contribution >= 4 is 50.3 Å². The van der Waals surface area contributed by atoms with Gasteiger partial charge in [0.1, 0.15) is 5.75 Å². The lowest BCUT2D eigenvalue weighted by Crippen LogP contribution is -2.34. The van der Waals surface area contributed by atoms with Crippen molar-refractivity contribution in [1.29, 1.82) is 0 Å². The van der Waals surface area contributed by atoms with Crippen molar-refractivity contribution < 1.29 is 35.9 Å². The standard InChI is InChI=1S/C18H22N6O8S2/c1-21-34(29,30)9-4-5-14(31-2)12(6-9)22-18(27)24-23-13-7-10(16(19)25)11(17(20)26)8-15(13)33(28)32-3/h4-8,21,23H,1-3H3,(H2,19,25)(H2,20,26)(H2,22,24,27). The highest BCUT2D eigenvalue weighted by Gasteiger charge is 2.21. The number of hydrogen-bond donors (Lipinski definition) is 6. The number of carbonyl (C=O) groups excluding carboxylic acids is 3. The van der Waals surface area contributed by atoms with Gasteiger partial charge in [-0.2, -0.15) is 0 Å². The van der Waals surface area contributed by atoms with Crippen molar-refractivity contribution in [1.82, 2.24) is 10.1 Å². The molecule has 0 saturated carbocycles. The number of nitrogens with one attached hydrogen (secondary N) is 4. The fourth-order valence-electron chi connectivity index (χ4n) is 2.66. The summed E-state index contributed by atoms with van der Waals surface area (Å²) < 4.78 is 48.3. The van der Waals surface area contributed by atoms with Crippen LogP contribution in [-0.2, 0) is 25.3 Å². The van der Waals surface area contributed by atoms with Crippen LogP contribution in [0.1, 0.15) is 20.7 Å². The predicted octanol–water partition coefficient (Wildman–Crippen LogP) is -0.381. The quantitative estimate of drug-likeness (QED) is 0.227. The van der Waals surface area contributed by atoms with E-state index in [1.54, 1.807) is 0 Å². The van der Waals surface area contributed by atoms with Gasteiger partial charge in [0.25, 0.3) is 0 Å². The number of benzene rings is 2. The van der Waals surface area contributed by atoms with Crippen LogP contribution < -0.4 is 37.1 Å². The Morgan fingerprint density at radius 2 is 1.59 bits per heavy atom. The fourth-order valence-corrected chi connectivity index (χ4v) is 4.10. The van der Waals surface area contributed by atoms with E-state index in [2.05, 4.69) is 20.9 Å². The van der Waals surface area contributed by atoms with Gasteiger partial charge in [-0.3, -0.25) is 24.6 Å². The predicted molar refractivity (Wildman–Crippen MR) is 122 cm³/mol. The van der Waals surface area contributed by atoms with Crippen molar-refractivity contribution in [2.24, 2.45) is 11.5 Å². The summed E-state index contributed by atoms with van der Waals surface area (Å²) in [4.78, 5) is 35.6. The van der Waals surface area contributed by atoms with Crippen molar-refractivity contribution in [2.75, 3.05) is 32.0 Å². The van der Waals surface area contributed by atoms with Gasteiger partial charge < -0.3 is 21.5 Å². The second kappa shape index (κ2) is 10.9. The molecule has 0 aromatic heterocycles. The molecular weight excluding hydrogens is 492 g/mol. The van der Waals surface area contributed by atoms with E-state index in [-0.39, 0.29) is 38.0 Å². The lowest BCUT2D eigenvalue weighted by Gasteiger charge is -2.16. The topological polar surface area (TPSA) is 221 Å². The van der Waals surface area contributed by atoms with Gasteiger partial charge in [-0.15, -0.1) is 0 Å². The van der Waals surface area contributed by atoms with Gasteiger partial charge >= 0.3 is 6.03 Å². The maximum atomic E-state index is 12.5. The first-order chi connectivity index (χ1) is 15.9. The van der Waals surface area contributed by atoms with Gasteiger partial charge in [-0.25, -0.2) is 22.1 Å². The summed E-state index contributed by atoms with van der Waals surface area (Å²) in [6.07, 6.45) is 0. The molecule has 2 rings (SSSR count). The van der Waals surface area contributed by atoms with Crippen LogP contribution in [0.4, 0.5) is 16.2 Å². The normalized spacial score (nSPS) is 11.9. The highest BCUT2D eigenvalue weighted by atomic mass is 32.2. The van der Waals surface area contributed by atoms with Crippen LogP contribution in [0.3, 0.4) is 0 Å². The number of primary amides is 2. The summed E-state index contributed by atoms with van der Waals surface area (Å²) >= 11 is -2.11. The second-order valence-corrected chi connectivity index (χ2v) is 9.43. The van der Waals surface area contributed by atoms with Crippen molar-refractivity contribution in [3.8, 4) is 5.75 Å². The molecule has 2 aromatic carbocycles. The number of sulfonamides is 1. The number of hydrazine groups is 1. The molecule has 4 amide bonds. The van der Waals surface area contributed by atoms with Crippen LogP contribution >= 0.6 is 0 Å². The fraction of sp³-hybridized carbons (Fsp3) is 0.167. The Morgan fingerprint density at radius 3 is 2.12 bits per heavy atom. The summed E-state index contributed by atoms with van der Waals surface area (Å²) in [6, 6.07) is 5.00. The lowest BCUT2D eigenvalue weighted by atomic mass is 10.1. The number of methoxy groups -OCH3 is 1. The Hall–Kier alpha value is -3.73. The molecule has 1 atom stereocenters. The lowest BCUT2D eigenvalue weighted by molar-refractivity contribution is 0.0967. The van der Waals surface area contributed by atoms with Crippen molar-refractivity contribution in [3.05, 3.63) is 41.5 Å². The van der Waals surface area contributed by atoms with Crippen LogP contribution in [0.2, 0.25) is 0 Å². The third-order valence-corrected chi connectivity index (χ3v) is 6.70. The summed E-state index contributed by atoms with van der Waals surface area (Å²) in [5.74, 6) is -1.83. The molecule has 8 N–H and O–H groups in total. The minimum atomic E-state index is -3.80. The molecular formula is C18H22N6O8S2. The number of anilines is 2. The molecule has 14 nitrogen and oxygen atoms in total. The number of carbonyl (C=O) groups is 3. The van der Waals surface area contributed by atoms with Crippen LogP contribution in [0, 0.1) is 0 Å². The maximum absolute atomic E-state index is 12.5. The average molecular weight is 515 g/mol. The largest absolute Gasteiger partial charge is 0.495 e. The van der Waals surface area contributed by atoms with Gasteiger partial charge in [0.15, 0.2) is 11.1 Å². The first-order valence-electron chi connectivity index (χ1n) is 9.13. The number of amides is 4. The minimum Gasteiger partial charge on any atom is -0.495 e. The second-order valence-electron chi connectivity index (χ2n) is 6.30. The average Bonchev–Trinajstić information content (AvgIpc) is 2.81. The van der Waals surface area contributed by atoms with Gasteiger partial charge in [0, 0.05) is 0 Å². The zero-order chi connectivity index (χ0) is 25.6. The smallest absolute Gasteiger partial charge is 0.337 e. The van der Waals surface area contributed by atoms with E-state index < -0.39 is 38.9 Å². The molecule has 0 aliphatic rings. The SMILES string of the molecule is CNS(=O)(=O)c1ccc(OC)c(NC(=O)NNc2cc(C(N)=O)c(C(N)=O)cc2S(=O)OC)c1. The van der Waals surface area contributed by atoms with Crippen molar-refractivity contribution in [2.45, 2.75) is 9.79 Å². The molecule has 0 bridgehead atoms. The van der Waals surface area contributed by atoms with E-state index in [0.29, 0.717) is 0 Å². The van der Waals surface area contributed by atoms with Gasteiger partial charge in [0.2, 0.25) is 21.8 Å². The molecule has 34 heavy (non-hydrogen) atoms. The maximum Gasteiger partial charge on any atom is 0.337 e. The monoisotopic (exact) mass is 514 g/mol.